The summed E-state index contributed by atoms with van der Waals surface area (Å²) in [6, 6.07) is 7.55. The standard InChI is InChI=1S/C15H21NO3S/c1-10(2)12(8-15(18)19)16-14(17)9-20-13-7-5-4-6-11(13)3/h4-7,10,12H,8-9H2,1-3H3,(H,16,17)(H,18,19). The first kappa shape index (κ1) is 16.6. The van der Waals surface area contributed by atoms with Crippen molar-refractivity contribution in [1.29, 1.82) is 0 Å². The zero-order chi connectivity index (χ0) is 15.1. The molecule has 0 heterocycles. The summed E-state index contributed by atoms with van der Waals surface area (Å²) in [7, 11) is 0. The maximum atomic E-state index is 11.9. The second-order valence-corrected chi connectivity index (χ2v) is 6.09. The average Bonchev–Trinajstić information content (AvgIpc) is 2.36. The summed E-state index contributed by atoms with van der Waals surface area (Å²) < 4.78 is 0. The van der Waals surface area contributed by atoms with E-state index >= 15 is 0 Å². The third kappa shape index (κ3) is 5.65. The zero-order valence-electron chi connectivity index (χ0n) is 12.1. The Labute approximate surface area is 124 Å². The lowest BCUT2D eigenvalue weighted by atomic mass is 10.0. The lowest BCUT2D eigenvalue weighted by molar-refractivity contribution is -0.138. The summed E-state index contributed by atoms with van der Waals surface area (Å²) in [5.41, 5.74) is 1.14. The van der Waals surface area contributed by atoms with Gasteiger partial charge in [-0.05, 0) is 24.5 Å². The number of carbonyl (C=O) groups is 2. The van der Waals surface area contributed by atoms with Crippen molar-refractivity contribution in [2.75, 3.05) is 5.75 Å². The van der Waals surface area contributed by atoms with Gasteiger partial charge >= 0.3 is 5.97 Å². The summed E-state index contributed by atoms with van der Waals surface area (Å²) in [5, 5.41) is 11.6. The molecule has 0 spiro atoms. The number of hydrogen-bond donors (Lipinski definition) is 2. The molecule has 0 saturated carbocycles. The van der Waals surface area contributed by atoms with Crippen LogP contribution < -0.4 is 5.32 Å². The number of rotatable bonds is 7. The van der Waals surface area contributed by atoms with Crippen LogP contribution in [0.15, 0.2) is 29.2 Å². The van der Waals surface area contributed by atoms with Crippen LogP contribution in [0, 0.1) is 12.8 Å². The lowest BCUT2D eigenvalue weighted by Crippen LogP contribution is -2.40. The quantitative estimate of drug-likeness (QED) is 0.759. The van der Waals surface area contributed by atoms with Gasteiger partial charge in [-0.1, -0.05) is 32.0 Å². The Morgan fingerprint density at radius 3 is 2.50 bits per heavy atom. The van der Waals surface area contributed by atoms with Crippen LogP contribution >= 0.6 is 11.8 Å². The molecule has 1 unspecified atom stereocenters. The Morgan fingerprint density at radius 1 is 1.30 bits per heavy atom. The topological polar surface area (TPSA) is 66.4 Å². The molecule has 4 nitrogen and oxygen atoms in total. The molecule has 1 aromatic rings. The minimum atomic E-state index is -0.893. The van der Waals surface area contributed by atoms with Gasteiger partial charge in [0.15, 0.2) is 0 Å². The Hall–Kier alpha value is -1.49. The molecule has 0 fully saturated rings. The first-order chi connectivity index (χ1) is 9.40. The second-order valence-electron chi connectivity index (χ2n) is 5.07. The Kier molecular flexibility index (Phi) is 6.58. The van der Waals surface area contributed by atoms with Crippen LogP contribution in [-0.4, -0.2) is 28.8 Å². The normalized spacial score (nSPS) is 12.2. The van der Waals surface area contributed by atoms with Crippen molar-refractivity contribution < 1.29 is 14.7 Å². The molecule has 0 aliphatic carbocycles. The molecule has 0 bridgehead atoms. The smallest absolute Gasteiger partial charge is 0.305 e. The third-order valence-corrected chi connectivity index (χ3v) is 4.17. The number of hydrogen-bond acceptors (Lipinski definition) is 3. The monoisotopic (exact) mass is 295 g/mol. The molecule has 0 saturated heterocycles. The van der Waals surface area contributed by atoms with Crippen molar-refractivity contribution >= 4 is 23.6 Å². The lowest BCUT2D eigenvalue weighted by Gasteiger charge is -2.20. The van der Waals surface area contributed by atoms with E-state index in [9.17, 15) is 9.59 Å². The number of amides is 1. The van der Waals surface area contributed by atoms with Crippen LogP contribution in [0.2, 0.25) is 0 Å². The van der Waals surface area contributed by atoms with Gasteiger partial charge in [-0.2, -0.15) is 0 Å². The predicted molar refractivity (Wildman–Crippen MR) is 80.9 cm³/mol. The summed E-state index contributed by atoms with van der Waals surface area (Å²) in [6.07, 6.45) is -0.0432. The summed E-state index contributed by atoms with van der Waals surface area (Å²) >= 11 is 1.47. The molecular formula is C15H21NO3S. The second kappa shape index (κ2) is 7.94. The number of benzene rings is 1. The fraction of sp³-hybridized carbons (Fsp3) is 0.467. The Bertz CT molecular complexity index is 474. The maximum Gasteiger partial charge on any atom is 0.305 e. The fourth-order valence-corrected chi connectivity index (χ4v) is 2.59. The highest BCUT2D eigenvalue weighted by molar-refractivity contribution is 8.00. The molecular weight excluding hydrogens is 274 g/mol. The van der Waals surface area contributed by atoms with Gasteiger partial charge in [0, 0.05) is 10.9 Å². The molecule has 110 valence electrons. The molecule has 0 aliphatic heterocycles. The number of carboxylic acids is 1. The van der Waals surface area contributed by atoms with E-state index in [0.717, 1.165) is 10.5 Å². The van der Waals surface area contributed by atoms with E-state index < -0.39 is 5.97 Å². The van der Waals surface area contributed by atoms with Crippen molar-refractivity contribution in [3.8, 4) is 0 Å². The van der Waals surface area contributed by atoms with Crippen molar-refractivity contribution in [2.24, 2.45) is 5.92 Å². The van der Waals surface area contributed by atoms with Crippen molar-refractivity contribution in [3.63, 3.8) is 0 Å². The van der Waals surface area contributed by atoms with Crippen molar-refractivity contribution in [1.82, 2.24) is 5.32 Å². The van der Waals surface area contributed by atoms with Gasteiger partial charge in [-0.3, -0.25) is 9.59 Å². The number of nitrogens with one attached hydrogen (secondary N) is 1. The number of thioether (sulfide) groups is 1. The van der Waals surface area contributed by atoms with Gasteiger partial charge in [0.2, 0.25) is 5.91 Å². The van der Waals surface area contributed by atoms with E-state index in [1.807, 2.05) is 45.0 Å². The molecule has 0 radical (unpaired) electrons. The molecule has 1 atom stereocenters. The largest absolute Gasteiger partial charge is 0.481 e. The Balaban J connectivity index is 2.50. The highest BCUT2D eigenvalue weighted by atomic mass is 32.2. The Morgan fingerprint density at radius 2 is 1.95 bits per heavy atom. The van der Waals surface area contributed by atoms with Crippen LogP contribution in [0.1, 0.15) is 25.8 Å². The van der Waals surface area contributed by atoms with Crippen molar-refractivity contribution in [3.05, 3.63) is 29.8 Å². The van der Waals surface area contributed by atoms with E-state index in [1.54, 1.807) is 0 Å². The molecule has 1 amide bonds. The molecule has 0 aromatic heterocycles. The predicted octanol–water partition coefficient (Wildman–Crippen LogP) is 2.70. The van der Waals surface area contributed by atoms with Crippen LogP contribution in [0.5, 0.6) is 0 Å². The SMILES string of the molecule is Cc1ccccc1SCC(=O)NC(CC(=O)O)C(C)C. The van der Waals surface area contributed by atoms with E-state index in [1.165, 1.54) is 11.8 Å². The maximum absolute atomic E-state index is 11.9. The van der Waals surface area contributed by atoms with E-state index in [-0.39, 0.29) is 24.3 Å². The van der Waals surface area contributed by atoms with Crippen molar-refractivity contribution in [2.45, 2.75) is 38.1 Å². The van der Waals surface area contributed by atoms with E-state index in [0.29, 0.717) is 5.75 Å². The van der Waals surface area contributed by atoms with Crippen LogP contribution in [0.3, 0.4) is 0 Å². The van der Waals surface area contributed by atoms with Gasteiger partial charge in [0.1, 0.15) is 0 Å². The minimum absolute atomic E-state index is 0.0432. The highest BCUT2D eigenvalue weighted by Gasteiger charge is 2.19. The first-order valence-corrected chi connectivity index (χ1v) is 7.58. The van der Waals surface area contributed by atoms with Gasteiger partial charge in [-0.15, -0.1) is 11.8 Å². The summed E-state index contributed by atoms with van der Waals surface area (Å²) in [4.78, 5) is 23.7. The number of aryl methyl sites for hydroxylation is 1. The van der Waals surface area contributed by atoms with Gasteiger partial charge < -0.3 is 10.4 Å². The third-order valence-electron chi connectivity index (χ3n) is 3.00. The number of carboxylic acid groups (broad SMARTS) is 1. The van der Waals surface area contributed by atoms with Crippen LogP contribution in [0.4, 0.5) is 0 Å². The number of aliphatic carboxylic acids is 1. The van der Waals surface area contributed by atoms with Crippen LogP contribution in [-0.2, 0) is 9.59 Å². The first-order valence-electron chi connectivity index (χ1n) is 6.59. The number of carbonyl (C=O) groups excluding carboxylic acids is 1. The van der Waals surface area contributed by atoms with Gasteiger partial charge in [0.05, 0.1) is 12.2 Å². The van der Waals surface area contributed by atoms with Gasteiger partial charge in [-0.25, -0.2) is 0 Å². The molecule has 5 heteroatoms. The molecule has 1 aromatic carbocycles. The molecule has 20 heavy (non-hydrogen) atoms. The van der Waals surface area contributed by atoms with Gasteiger partial charge in [0.25, 0.3) is 0 Å². The summed E-state index contributed by atoms with van der Waals surface area (Å²) in [5.74, 6) is -0.625. The van der Waals surface area contributed by atoms with E-state index in [2.05, 4.69) is 5.32 Å². The summed E-state index contributed by atoms with van der Waals surface area (Å²) in [6.45, 7) is 5.81. The zero-order valence-corrected chi connectivity index (χ0v) is 12.9. The fourth-order valence-electron chi connectivity index (χ4n) is 1.75. The molecule has 2 N–H and O–H groups in total. The highest BCUT2D eigenvalue weighted by Crippen LogP contribution is 2.21. The van der Waals surface area contributed by atoms with Crippen LogP contribution in [0.25, 0.3) is 0 Å². The average molecular weight is 295 g/mol. The molecule has 0 aliphatic rings. The minimum Gasteiger partial charge on any atom is -0.481 e. The van der Waals surface area contributed by atoms with E-state index in [4.69, 9.17) is 5.11 Å². The molecule has 1 rings (SSSR count).